The molecule has 6 heteroatoms. The molecule has 1 aromatic rings. The fraction of sp³-hybridized carbons (Fsp3) is 0.545. The van der Waals surface area contributed by atoms with E-state index < -0.39 is 12.0 Å². The average Bonchev–Trinajstić information content (AvgIpc) is 2.55. The molecular formula is C11H17N3O3. The van der Waals surface area contributed by atoms with Gasteiger partial charge in [0, 0.05) is 19.8 Å². The fourth-order valence-corrected chi connectivity index (χ4v) is 1.49. The Hall–Kier alpha value is -1.85. The summed E-state index contributed by atoms with van der Waals surface area (Å²) in [5, 5.41) is 12.9. The van der Waals surface area contributed by atoms with Gasteiger partial charge >= 0.3 is 5.97 Å². The summed E-state index contributed by atoms with van der Waals surface area (Å²) in [5.41, 5.74) is 1.61. The molecule has 0 spiro atoms. The van der Waals surface area contributed by atoms with E-state index in [9.17, 15) is 9.59 Å². The SMILES string of the molecule is Cc1cc(CC(=O)N(C)C(C)C(=O)O)n(C)n1. The Morgan fingerprint density at radius 1 is 1.59 bits per heavy atom. The number of amides is 1. The van der Waals surface area contributed by atoms with Crippen molar-refractivity contribution in [3.8, 4) is 0 Å². The molecule has 6 nitrogen and oxygen atoms in total. The molecule has 0 aliphatic rings. The van der Waals surface area contributed by atoms with Gasteiger partial charge in [0.05, 0.1) is 12.1 Å². The number of carbonyl (C=O) groups is 2. The van der Waals surface area contributed by atoms with Crippen LogP contribution in [0.2, 0.25) is 0 Å². The maximum absolute atomic E-state index is 11.8. The van der Waals surface area contributed by atoms with Crippen molar-refractivity contribution >= 4 is 11.9 Å². The lowest BCUT2D eigenvalue weighted by atomic mass is 10.2. The maximum Gasteiger partial charge on any atom is 0.326 e. The Morgan fingerprint density at radius 3 is 2.59 bits per heavy atom. The third kappa shape index (κ3) is 3.05. The van der Waals surface area contributed by atoms with Crippen LogP contribution in [0.1, 0.15) is 18.3 Å². The number of aliphatic carboxylic acids is 1. The zero-order valence-electron chi connectivity index (χ0n) is 10.5. The van der Waals surface area contributed by atoms with Crippen molar-refractivity contribution < 1.29 is 14.7 Å². The molecule has 1 heterocycles. The summed E-state index contributed by atoms with van der Waals surface area (Å²) < 4.78 is 1.63. The van der Waals surface area contributed by atoms with Gasteiger partial charge in [-0.25, -0.2) is 4.79 Å². The Bertz CT molecular complexity index is 439. The molecule has 0 aliphatic carbocycles. The van der Waals surface area contributed by atoms with Crippen LogP contribution in [-0.4, -0.2) is 44.8 Å². The molecule has 1 unspecified atom stereocenters. The summed E-state index contributed by atoms with van der Waals surface area (Å²) in [4.78, 5) is 23.8. The summed E-state index contributed by atoms with van der Waals surface area (Å²) in [7, 11) is 3.25. The minimum Gasteiger partial charge on any atom is -0.480 e. The van der Waals surface area contributed by atoms with Crippen molar-refractivity contribution in [3.05, 3.63) is 17.5 Å². The number of aryl methyl sites for hydroxylation is 2. The first-order valence-corrected chi connectivity index (χ1v) is 5.31. The van der Waals surface area contributed by atoms with Crippen LogP contribution in [0.4, 0.5) is 0 Å². The van der Waals surface area contributed by atoms with Gasteiger partial charge in [-0.05, 0) is 19.9 Å². The molecule has 0 aliphatic heterocycles. The highest BCUT2D eigenvalue weighted by Gasteiger charge is 2.22. The number of carboxylic acid groups (broad SMARTS) is 1. The van der Waals surface area contributed by atoms with Gasteiger partial charge in [-0.2, -0.15) is 5.10 Å². The van der Waals surface area contributed by atoms with Crippen molar-refractivity contribution in [3.63, 3.8) is 0 Å². The van der Waals surface area contributed by atoms with E-state index in [0.717, 1.165) is 11.4 Å². The summed E-state index contributed by atoms with van der Waals surface area (Å²) in [6, 6.07) is 0.994. The Balaban J connectivity index is 2.73. The van der Waals surface area contributed by atoms with Gasteiger partial charge < -0.3 is 10.0 Å². The molecule has 0 aromatic carbocycles. The molecule has 94 valence electrons. The smallest absolute Gasteiger partial charge is 0.326 e. The standard InChI is InChI=1S/C11H17N3O3/c1-7-5-9(14(4)12-7)6-10(15)13(3)8(2)11(16)17/h5,8H,6H2,1-4H3,(H,16,17). The molecule has 1 rings (SSSR count). The van der Waals surface area contributed by atoms with Crippen LogP contribution in [-0.2, 0) is 23.1 Å². The molecule has 0 bridgehead atoms. The molecule has 1 amide bonds. The highest BCUT2D eigenvalue weighted by atomic mass is 16.4. The normalized spacial score (nSPS) is 12.2. The van der Waals surface area contributed by atoms with Gasteiger partial charge in [-0.1, -0.05) is 0 Å². The molecule has 1 N–H and O–H groups in total. The van der Waals surface area contributed by atoms with Gasteiger partial charge in [-0.15, -0.1) is 0 Å². The van der Waals surface area contributed by atoms with Crippen LogP contribution in [0.15, 0.2) is 6.07 Å². The molecule has 0 radical (unpaired) electrons. The molecule has 1 aromatic heterocycles. The van der Waals surface area contributed by atoms with E-state index in [-0.39, 0.29) is 12.3 Å². The van der Waals surface area contributed by atoms with Crippen LogP contribution >= 0.6 is 0 Å². The number of rotatable bonds is 4. The van der Waals surface area contributed by atoms with Crippen molar-refractivity contribution in [1.29, 1.82) is 0 Å². The van der Waals surface area contributed by atoms with Crippen LogP contribution in [0.3, 0.4) is 0 Å². The second-order valence-corrected chi connectivity index (χ2v) is 4.10. The number of hydrogen-bond donors (Lipinski definition) is 1. The summed E-state index contributed by atoms with van der Waals surface area (Å²) in [6.45, 7) is 3.33. The second kappa shape index (κ2) is 4.99. The first kappa shape index (κ1) is 13.2. The van der Waals surface area contributed by atoms with Gasteiger partial charge in [0.2, 0.25) is 5.91 Å². The lowest BCUT2D eigenvalue weighted by Crippen LogP contribution is -2.41. The van der Waals surface area contributed by atoms with E-state index in [1.54, 1.807) is 11.7 Å². The summed E-state index contributed by atoms with van der Waals surface area (Å²) in [6.07, 6.45) is 0.158. The lowest BCUT2D eigenvalue weighted by Gasteiger charge is -2.21. The van der Waals surface area contributed by atoms with Crippen molar-refractivity contribution in [1.82, 2.24) is 14.7 Å². The zero-order valence-corrected chi connectivity index (χ0v) is 10.5. The largest absolute Gasteiger partial charge is 0.480 e. The van der Waals surface area contributed by atoms with Crippen molar-refractivity contribution in [2.75, 3.05) is 7.05 Å². The van der Waals surface area contributed by atoms with Crippen LogP contribution < -0.4 is 0 Å². The quantitative estimate of drug-likeness (QED) is 0.814. The molecule has 0 saturated carbocycles. The molecule has 0 saturated heterocycles. The monoisotopic (exact) mass is 239 g/mol. The van der Waals surface area contributed by atoms with E-state index in [0.29, 0.717) is 0 Å². The minimum absolute atomic E-state index is 0.158. The Morgan fingerprint density at radius 2 is 2.18 bits per heavy atom. The van der Waals surface area contributed by atoms with E-state index >= 15 is 0 Å². The Labute approximate surface area is 99.8 Å². The first-order chi connectivity index (χ1) is 7.82. The molecular weight excluding hydrogens is 222 g/mol. The third-order valence-corrected chi connectivity index (χ3v) is 2.76. The van der Waals surface area contributed by atoms with Crippen molar-refractivity contribution in [2.24, 2.45) is 7.05 Å². The van der Waals surface area contributed by atoms with E-state index in [1.165, 1.54) is 18.9 Å². The number of nitrogens with zero attached hydrogens (tertiary/aromatic N) is 3. The zero-order chi connectivity index (χ0) is 13.2. The number of hydrogen-bond acceptors (Lipinski definition) is 3. The number of likely N-dealkylation sites (N-methyl/N-ethyl adjacent to an activating group) is 1. The third-order valence-electron chi connectivity index (χ3n) is 2.76. The highest BCUT2D eigenvalue weighted by Crippen LogP contribution is 2.06. The van der Waals surface area contributed by atoms with Gasteiger partial charge in [0.25, 0.3) is 0 Å². The fourth-order valence-electron chi connectivity index (χ4n) is 1.49. The van der Waals surface area contributed by atoms with Crippen LogP contribution in [0.5, 0.6) is 0 Å². The molecule has 17 heavy (non-hydrogen) atoms. The lowest BCUT2D eigenvalue weighted by molar-refractivity contribution is -0.148. The Kier molecular flexibility index (Phi) is 3.88. The molecule has 0 fully saturated rings. The topological polar surface area (TPSA) is 75.4 Å². The second-order valence-electron chi connectivity index (χ2n) is 4.10. The van der Waals surface area contributed by atoms with E-state index in [1.807, 2.05) is 13.0 Å². The van der Waals surface area contributed by atoms with Gasteiger partial charge in [-0.3, -0.25) is 9.48 Å². The summed E-state index contributed by atoms with van der Waals surface area (Å²) >= 11 is 0. The van der Waals surface area contributed by atoms with Crippen LogP contribution in [0.25, 0.3) is 0 Å². The van der Waals surface area contributed by atoms with E-state index in [2.05, 4.69) is 5.10 Å². The highest BCUT2D eigenvalue weighted by molar-refractivity contribution is 5.84. The van der Waals surface area contributed by atoms with Crippen molar-refractivity contribution in [2.45, 2.75) is 26.3 Å². The summed E-state index contributed by atoms with van der Waals surface area (Å²) in [5.74, 6) is -1.25. The predicted octanol–water partition coefficient (Wildman–Crippen LogP) is 0.203. The first-order valence-electron chi connectivity index (χ1n) is 5.31. The van der Waals surface area contributed by atoms with E-state index in [4.69, 9.17) is 5.11 Å². The maximum atomic E-state index is 11.8. The molecule has 1 atom stereocenters. The number of aromatic nitrogens is 2. The number of carbonyl (C=O) groups excluding carboxylic acids is 1. The average molecular weight is 239 g/mol. The van der Waals surface area contributed by atoms with Crippen LogP contribution in [0, 0.1) is 6.92 Å². The number of carboxylic acids is 1. The van der Waals surface area contributed by atoms with Gasteiger partial charge in [0.1, 0.15) is 6.04 Å². The minimum atomic E-state index is -1.01. The predicted molar refractivity (Wildman–Crippen MR) is 61.5 cm³/mol. The van der Waals surface area contributed by atoms with Gasteiger partial charge in [0.15, 0.2) is 0 Å².